The van der Waals surface area contributed by atoms with Crippen molar-refractivity contribution in [1.82, 2.24) is 15.1 Å². The molecule has 0 amide bonds. The molecule has 0 bridgehead atoms. The van der Waals surface area contributed by atoms with Gasteiger partial charge in [-0.25, -0.2) is 0 Å². The lowest BCUT2D eigenvalue weighted by Gasteiger charge is -2.16. The lowest BCUT2D eigenvalue weighted by atomic mass is 9.88. The molecule has 0 aromatic carbocycles. The van der Waals surface area contributed by atoms with Crippen LogP contribution in [0, 0.1) is 0 Å². The van der Waals surface area contributed by atoms with Gasteiger partial charge in [0.15, 0.2) is 0 Å². The number of pyridine rings is 1. The Bertz CT molecular complexity index is 584. The van der Waals surface area contributed by atoms with Crippen LogP contribution >= 0.6 is 11.6 Å². The number of rotatable bonds is 2. The number of hydrogen-bond donors (Lipinski definition) is 0. The Labute approximate surface area is 115 Å². The first-order valence-electron chi connectivity index (χ1n) is 6.19. The number of Topliss-reactive ketones (excluding diaryl/α,β-unsaturated/α-hetero) is 1. The molecule has 0 aliphatic heterocycles. The highest BCUT2D eigenvalue weighted by Gasteiger charge is 2.25. The SMILES string of the molecule is O=C1CCC(c2nc(-c3ccc(Cl)cn3)no2)CC1. The fourth-order valence-electron chi connectivity index (χ4n) is 2.20. The molecule has 3 rings (SSSR count). The molecule has 19 heavy (non-hydrogen) atoms. The van der Waals surface area contributed by atoms with Crippen LogP contribution in [0.1, 0.15) is 37.5 Å². The number of carbonyl (C=O) groups excluding carboxylic acids is 1. The normalized spacial score (nSPS) is 16.8. The Kier molecular flexibility index (Phi) is 3.29. The first-order valence-corrected chi connectivity index (χ1v) is 6.57. The van der Waals surface area contributed by atoms with Crippen molar-refractivity contribution in [2.24, 2.45) is 0 Å². The van der Waals surface area contributed by atoms with E-state index in [-0.39, 0.29) is 5.92 Å². The fourth-order valence-corrected chi connectivity index (χ4v) is 2.31. The monoisotopic (exact) mass is 277 g/mol. The number of carbonyl (C=O) groups is 1. The van der Waals surface area contributed by atoms with Crippen LogP contribution in [0.2, 0.25) is 5.02 Å². The van der Waals surface area contributed by atoms with Gasteiger partial charge in [0.1, 0.15) is 11.5 Å². The summed E-state index contributed by atoms with van der Waals surface area (Å²) in [6, 6.07) is 3.49. The third kappa shape index (κ3) is 2.66. The number of aromatic nitrogens is 3. The van der Waals surface area contributed by atoms with E-state index in [9.17, 15) is 4.79 Å². The van der Waals surface area contributed by atoms with E-state index >= 15 is 0 Å². The molecule has 6 heteroatoms. The van der Waals surface area contributed by atoms with E-state index in [0.717, 1.165) is 12.8 Å². The smallest absolute Gasteiger partial charge is 0.230 e. The van der Waals surface area contributed by atoms with Gasteiger partial charge in [0, 0.05) is 25.0 Å². The van der Waals surface area contributed by atoms with E-state index in [2.05, 4.69) is 15.1 Å². The summed E-state index contributed by atoms with van der Waals surface area (Å²) >= 11 is 5.78. The predicted molar refractivity (Wildman–Crippen MR) is 68.8 cm³/mol. The van der Waals surface area contributed by atoms with Crippen LogP contribution in [0.5, 0.6) is 0 Å². The molecule has 0 radical (unpaired) electrons. The van der Waals surface area contributed by atoms with Crippen molar-refractivity contribution in [2.75, 3.05) is 0 Å². The molecular formula is C13H12ClN3O2. The van der Waals surface area contributed by atoms with E-state index in [0.29, 0.717) is 41.1 Å². The Morgan fingerprint density at radius 1 is 1.26 bits per heavy atom. The van der Waals surface area contributed by atoms with Crippen LogP contribution in [0.15, 0.2) is 22.9 Å². The first kappa shape index (κ1) is 12.3. The molecule has 0 saturated heterocycles. The summed E-state index contributed by atoms with van der Waals surface area (Å²) in [6.45, 7) is 0. The number of hydrogen-bond acceptors (Lipinski definition) is 5. The number of halogens is 1. The molecule has 1 fully saturated rings. The van der Waals surface area contributed by atoms with Gasteiger partial charge in [-0.05, 0) is 25.0 Å². The summed E-state index contributed by atoms with van der Waals surface area (Å²) in [7, 11) is 0. The van der Waals surface area contributed by atoms with E-state index in [4.69, 9.17) is 16.1 Å². The van der Waals surface area contributed by atoms with Crippen LogP contribution in [-0.4, -0.2) is 20.9 Å². The zero-order valence-corrected chi connectivity index (χ0v) is 10.9. The molecule has 0 atom stereocenters. The Balaban J connectivity index is 1.79. The molecular weight excluding hydrogens is 266 g/mol. The van der Waals surface area contributed by atoms with Crippen molar-refractivity contribution in [3.8, 4) is 11.5 Å². The Hall–Kier alpha value is -1.75. The summed E-state index contributed by atoms with van der Waals surface area (Å²) < 4.78 is 5.28. The van der Waals surface area contributed by atoms with E-state index in [1.165, 1.54) is 0 Å². The zero-order chi connectivity index (χ0) is 13.2. The van der Waals surface area contributed by atoms with Crippen molar-refractivity contribution >= 4 is 17.4 Å². The maximum Gasteiger partial charge on any atom is 0.230 e. The van der Waals surface area contributed by atoms with Gasteiger partial charge in [-0.1, -0.05) is 16.8 Å². The van der Waals surface area contributed by atoms with Crippen LogP contribution < -0.4 is 0 Å². The average Bonchev–Trinajstić information content (AvgIpc) is 2.90. The van der Waals surface area contributed by atoms with Crippen molar-refractivity contribution < 1.29 is 9.32 Å². The summed E-state index contributed by atoms with van der Waals surface area (Å²) in [5.74, 6) is 1.56. The van der Waals surface area contributed by atoms with Crippen molar-refractivity contribution in [3.63, 3.8) is 0 Å². The number of ketones is 1. The number of nitrogens with zero attached hydrogens (tertiary/aromatic N) is 3. The summed E-state index contributed by atoms with van der Waals surface area (Å²) in [5.41, 5.74) is 0.631. The third-order valence-corrected chi connectivity index (χ3v) is 3.51. The van der Waals surface area contributed by atoms with Gasteiger partial charge in [-0.2, -0.15) is 4.98 Å². The molecule has 0 unspecified atom stereocenters. The molecule has 98 valence electrons. The average molecular weight is 278 g/mol. The molecule has 1 saturated carbocycles. The maximum atomic E-state index is 11.2. The molecule has 0 N–H and O–H groups in total. The predicted octanol–water partition coefficient (Wildman–Crippen LogP) is 3.01. The standard InChI is InChI=1S/C13H12ClN3O2/c14-9-3-6-11(15-7-9)12-16-13(19-17-12)8-1-4-10(18)5-2-8/h3,6-8H,1-2,4-5H2. The topological polar surface area (TPSA) is 68.9 Å². The summed E-state index contributed by atoms with van der Waals surface area (Å²) in [5, 5.41) is 4.50. The van der Waals surface area contributed by atoms with Crippen molar-refractivity contribution in [1.29, 1.82) is 0 Å². The summed E-state index contributed by atoms with van der Waals surface area (Å²) in [6.07, 6.45) is 4.32. The molecule has 1 aliphatic rings. The molecule has 5 nitrogen and oxygen atoms in total. The zero-order valence-electron chi connectivity index (χ0n) is 10.2. The Morgan fingerprint density at radius 3 is 2.74 bits per heavy atom. The fraction of sp³-hybridized carbons (Fsp3) is 0.385. The minimum Gasteiger partial charge on any atom is -0.339 e. The molecule has 2 heterocycles. The highest BCUT2D eigenvalue weighted by Crippen LogP contribution is 2.31. The molecule has 2 aromatic heterocycles. The maximum absolute atomic E-state index is 11.2. The molecule has 2 aromatic rings. The lowest BCUT2D eigenvalue weighted by Crippen LogP contribution is -2.12. The highest BCUT2D eigenvalue weighted by molar-refractivity contribution is 6.30. The Morgan fingerprint density at radius 2 is 2.05 bits per heavy atom. The minimum atomic E-state index is 0.186. The molecule has 1 aliphatic carbocycles. The van der Waals surface area contributed by atoms with Gasteiger partial charge in [0.05, 0.1) is 5.02 Å². The van der Waals surface area contributed by atoms with Gasteiger partial charge >= 0.3 is 0 Å². The summed E-state index contributed by atoms with van der Waals surface area (Å²) in [4.78, 5) is 19.7. The second-order valence-electron chi connectivity index (χ2n) is 4.63. The van der Waals surface area contributed by atoms with Crippen LogP contribution in [-0.2, 0) is 4.79 Å². The quantitative estimate of drug-likeness (QED) is 0.844. The first-order chi connectivity index (χ1) is 9.22. The molecule has 0 spiro atoms. The van der Waals surface area contributed by atoms with Gasteiger partial charge in [-0.15, -0.1) is 0 Å². The minimum absolute atomic E-state index is 0.186. The van der Waals surface area contributed by atoms with Crippen LogP contribution in [0.3, 0.4) is 0 Å². The second kappa shape index (κ2) is 5.09. The highest BCUT2D eigenvalue weighted by atomic mass is 35.5. The van der Waals surface area contributed by atoms with Crippen LogP contribution in [0.25, 0.3) is 11.5 Å². The lowest BCUT2D eigenvalue weighted by molar-refractivity contribution is -0.120. The van der Waals surface area contributed by atoms with Crippen LogP contribution in [0.4, 0.5) is 0 Å². The van der Waals surface area contributed by atoms with E-state index in [1.54, 1.807) is 18.3 Å². The third-order valence-electron chi connectivity index (χ3n) is 3.29. The van der Waals surface area contributed by atoms with Gasteiger partial charge in [-0.3, -0.25) is 9.78 Å². The van der Waals surface area contributed by atoms with E-state index in [1.807, 2.05) is 0 Å². The van der Waals surface area contributed by atoms with Gasteiger partial charge in [0.25, 0.3) is 0 Å². The largest absolute Gasteiger partial charge is 0.339 e. The van der Waals surface area contributed by atoms with Crippen molar-refractivity contribution in [2.45, 2.75) is 31.6 Å². The van der Waals surface area contributed by atoms with Gasteiger partial charge in [0.2, 0.25) is 11.7 Å². The van der Waals surface area contributed by atoms with Crippen molar-refractivity contribution in [3.05, 3.63) is 29.2 Å². The van der Waals surface area contributed by atoms with E-state index < -0.39 is 0 Å². The second-order valence-corrected chi connectivity index (χ2v) is 5.07. The van der Waals surface area contributed by atoms with Gasteiger partial charge < -0.3 is 4.52 Å².